The molecule has 0 spiro atoms. The highest BCUT2D eigenvalue weighted by Crippen LogP contribution is 2.30. The molecule has 0 aromatic rings. The maximum atomic E-state index is 3.39. The van der Waals surface area contributed by atoms with Gasteiger partial charge in [0.05, 0.1) is 3.23 Å². The maximum Gasteiger partial charge on any atom is 0.0788 e. The van der Waals surface area contributed by atoms with Crippen molar-refractivity contribution in [3.05, 3.63) is 5.33 Å². The first kappa shape index (κ1) is 8.44. The molecule has 0 saturated carbocycles. The van der Waals surface area contributed by atoms with Gasteiger partial charge in [0.2, 0.25) is 0 Å². The van der Waals surface area contributed by atoms with Crippen molar-refractivity contribution in [2.45, 2.75) is 16.6 Å². The molecule has 0 heterocycles. The lowest BCUT2D eigenvalue weighted by molar-refractivity contribution is 0.939. The van der Waals surface area contributed by atoms with Gasteiger partial charge in [-0.15, -0.1) is 0 Å². The number of alkyl halides is 2. The Morgan fingerprint density at radius 1 is 1.57 bits per heavy atom. The zero-order chi connectivity index (χ0) is 5.91. The maximum absolute atomic E-state index is 3.39. The molecule has 0 N–H and O–H groups in total. The SMILES string of the molecule is CC(Br)(Br)C[CH]Br. The first-order chi connectivity index (χ1) is 3.06. The standard InChI is InChI=1S/C4H6Br3/c1-4(6,7)2-3-5/h3H,2H2,1H3. The van der Waals surface area contributed by atoms with Gasteiger partial charge in [0.1, 0.15) is 0 Å². The molecule has 3 heteroatoms. The summed E-state index contributed by atoms with van der Waals surface area (Å²) in [5.41, 5.74) is 0. The average molecular weight is 294 g/mol. The van der Waals surface area contributed by atoms with E-state index in [1.54, 1.807) is 0 Å². The molecule has 0 aliphatic rings. The monoisotopic (exact) mass is 291 g/mol. The lowest BCUT2D eigenvalue weighted by Crippen LogP contribution is -2.01. The number of hydrogen-bond acceptors (Lipinski definition) is 0. The zero-order valence-electron chi connectivity index (χ0n) is 3.92. The third kappa shape index (κ3) is 7.44. The Kier molecular flexibility index (Phi) is 4.17. The second-order valence-corrected chi connectivity index (χ2v) is 6.64. The predicted octanol–water partition coefficient (Wildman–Crippen LogP) is 3.44. The van der Waals surface area contributed by atoms with Gasteiger partial charge in [-0.05, 0) is 13.3 Å². The summed E-state index contributed by atoms with van der Waals surface area (Å²) >= 11 is 9.99. The molecular weight excluding hydrogens is 288 g/mol. The van der Waals surface area contributed by atoms with Crippen LogP contribution < -0.4 is 0 Å². The van der Waals surface area contributed by atoms with E-state index < -0.39 is 0 Å². The third-order valence-corrected chi connectivity index (χ3v) is 1.41. The van der Waals surface area contributed by atoms with Crippen LogP contribution in [0, 0.1) is 5.33 Å². The van der Waals surface area contributed by atoms with Gasteiger partial charge in [-0.25, -0.2) is 0 Å². The van der Waals surface area contributed by atoms with Crippen LogP contribution in [0.15, 0.2) is 0 Å². The third-order valence-electron chi connectivity index (χ3n) is 0.436. The molecule has 0 fully saturated rings. The van der Waals surface area contributed by atoms with Gasteiger partial charge in [0.25, 0.3) is 0 Å². The van der Waals surface area contributed by atoms with Crippen LogP contribution in [0.1, 0.15) is 13.3 Å². The fraction of sp³-hybridized carbons (Fsp3) is 0.750. The topological polar surface area (TPSA) is 0 Å². The summed E-state index contributed by atoms with van der Waals surface area (Å²) in [5, 5.41) is 1.93. The summed E-state index contributed by atoms with van der Waals surface area (Å²) in [6.07, 6.45) is 0.965. The van der Waals surface area contributed by atoms with Crippen molar-refractivity contribution in [2.24, 2.45) is 0 Å². The lowest BCUT2D eigenvalue weighted by atomic mass is 10.4. The smallest absolute Gasteiger partial charge is 0.0788 e. The second-order valence-electron chi connectivity index (χ2n) is 1.43. The molecule has 0 bridgehead atoms. The van der Waals surface area contributed by atoms with Crippen LogP contribution in [0.4, 0.5) is 0 Å². The lowest BCUT2D eigenvalue weighted by Gasteiger charge is -2.09. The Bertz CT molecular complexity index is 45.4. The van der Waals surface area contributed by atoms with E-state index in [0.717, 1.165) is 6.42 Å². The highest BCUT2D eigenvalue weighted by atomic mass is 79.9. The van der Waals surface area contributed by atoms with E-state index in [1.165, 1.54) is 0 Å². The van der Waals surface area contributed by atoms with Crippen molar-refractivity contribution >= 4 is 47.8 Å². The molecule has 0 unspecified atom stereocenters. The van der Waals surface area contributed by atoms with Crippen molar-refractivity contribution in [3.8, 4) is 0 Å². The fourth-order valence-electron chi connectivity index (χ4n) is 0.135. The minimum absolute atomic E-state index is 0.0729. The van der Waals surface area contributed by atoms with Crippen LogP contribution >= 0.6 is 47.8 Å². The molecule has 0 atom stereocenters. The van der Waals surface area contributed by atoms with E-state index in [-0.39, 0.29) is 3.23 Å². The molecule has 0 aliphatic heterocycles. The van der Waals surface area contributed by atoms with Crippen LogP contribution in [0.3, 0.4) is 0 Å². The normalized spacial score (nSPS) is 12.0. The van der Waals surface area contributed by atoms with E-state index >= 15 is 0 Å². The highest BCUT2D eigenvalue weighted by molar-refractivity contribution is 9.25. The van der Waals surface area contributed by atoms with Gasteiger partial charge in [0, 0.05) is 5.33 Å². The van der Waals surface area contributed by atoms with Crippen molar-refractivity contribution in [3.63, 3.8) is 0 Å². The Morgan fingerprint density at radius 2 is 2.00 bits per heavy atom. The molecule has 0 amide bonds. The molecule has 43 valence electrons. The van der Waals surface area contributed by atoms with E-state index in [9.17, 15) is 0 Å². The molecule has 0 aromatic heterocycles. The summed E-state index contributed by atoms with van der Waals surface area (Å²) in [7, 11) is 0. The van der Waals surface area contributed by atoms with Crippen molar-refractivity contribution in [1.29, 1.82) is 0 Å². The average Bonchev–Trinajstić information content (AvgIpc) is 1.30. The van der Waals surface area contributed by atoms with Crippen molar-refractivity contribution < 1.29 is 0 Å². The van der Waals surface area contributed by atoms with Crippen LogP contribution in [-0.4, -0.2) is 3.23 Å². The number of hydrogen-bond donors (Lipinski definition) is 0. The molecule has 0 aliphatic carbocycles. The Hall–Kier alpha value is 1.44. The molecule has 0 aromatic carbocycles. The minimum Gasteiger partial charge on any atom is -0.0878 e. The minimum atomic E-state index is 0.0729. The number of rotatable bonds is 2. The van der Waals surface area contributed by atoms with Gasteiger partial charge < -0.3 is 0 Å². The van der Waals surface area contributed by atoms with Gasteiger partial charge in [-0.3, -0.25) is 0 Å². The van der Waals surface area contributed by atoms with Crippen LogP contribution in [0.5, 0.6) is 0 Å². The highest BCUT2D eigenvalue weighted by Gasteiger charge is 2.12. The first-order valence-corrected chi connectivity index (χ1v) is 4.36. The Labute approximate surface area is 69.4 Å². The molecule has 7 heavy (non-hydrogen) atoms. The summed E-state index contributed by atoms with van der Waals surface area (Å²) in [5.74, 6) is 0. The van der Waals surface area contributed by atoms with Crippen LogP contribution in [0.25, 0.3) is 0 Å². The summed E-state index contributed by atoms with van der Waals surface area (Å²) in [6.45, 7) is 2.05. The summed E-state index contributed by atoms with van der Waals surface area (Å²) in [4.78, 5) is 0. The summed E-state index contributed by atoms with van der Waals surface area (Å²) < 4.78 is 0.0729. The Morgan fingerprint density at radius 3 is 2.00 bits per heavy atom. The molecule has 0 rings (SSSR count). The quantitative estimate of drug-likeness (QED) is 0.684. The molecule has 0 nitrogen and oxygen atoms in total. The Balaban J connectivity index is 3.15. The number of halogens is 3. The van der Waals surface area contributed by atoms with Gasteiger partial charge in [-0.1, -0.05) is 47.8 Å². The molecular formula is C4H6Br3. The van der Waals surface area contributed by atoms with Gasteiger partial charge >= 0.3 is 0 Å². The van der Waals surface area contributed by atoms with Crippen LogP contribution in [-0.2, 0) is 0 Å². The van der Waals surface area contributed by atoms with Gasteiger partial charge in [-0.2, -0.15) is 0 Å². The van der Waals surface area contributed by atoms with Crippen molar-refractivity contribution in [2.75, 3.05) is 0 Å². The predicted molar refractivity (Wildman–Crippen MR) is 44.1 cm³/mol. The largest absolute Gasteiger partial charge is 0.0878 e. The van der Waals surface area contributed by atoms with E-state index in [1.807, 2.05) is 12.3 Å². The first-order valence-electron chi connectivity index (χ1n) is 1.86. The fourth-order valence-corrected chi connectivity index (χ4v) is 1.98. The van der Waals surface area contributed by atoms with E-state index in [2.05, 4.69) is 47.8 Å². The van der Waals surface area contributed by atoms with Crippen LogP contribution in [0.2, 0.25) is 0 Å². The van der Waals surface area contributed by atoms with E-state index in [0.29, 0.717) is 0 Å². The van der Waals surface area contributed by atoms with Gasteiger partial charge in [0.15, 0.2) is 0 Å². The zero-order valence-corrected chi connectivity index (χ0v) is 8.68. The van der Waals surface area contributed by atoms with E-state index in [4.69, 9.17) is 0 Å². The summed E-state index contributed by atoms with van der Waals surface area (Å²) in [6, 6.07) is 0. The van der Waals surface area contributed by atoms with Crippen molar-refractivity contribution in [1.82, 2.24) is 0 Å². The molecule has 1 radical (unpaired) electrons. The molecule has 0 saturated heterocycles. The second kappa shape index (κ2) is 3.46.